The fraction of sp³-hybridized carbons (Fsp3) is 0.300. The van der Waals surface area contributed by atoms with Crippen molar-refractivity contribution in [3.8, 4) is 5.75 Å². The maximum atomic E-state index is 11.1. The van der Waals surface area contributed by atoms with Gasteiger partial charge in [0.25, 0.3) is 0 Å². The first kappa shape index (κ1) is 9.74. The van der Waals surface area contributed by atoms with Crippen LogP contribution in [0.3, 0.4) is 0 Å². The minimum Gasteiger partial charge on any atom is -0.508 e. The van der Waals surface area contributed by atoms with Gasteiger partial charge in [0, 0.05) is 19.1 Å². The van der Waals surface area contributed by atoms with Gasteiger partial charge in [-0.2, -0.15) is 0 Å². The van der Waals surface area contributed by atoms with Gasteiger partial charge in [0.1, 0.15) is 12.4 Å². The normalized spacial score (nSPS) is 9.92. The summed E-state index contributed by atoms with van der Waals surface area (Å²) in [4.78, 5) is 11.1. The smallest absolute Gasteiger partial charge is 0.162 e. The van der Waals surface area contributed by atoms with Gasteiger partial charge in [-0.25, -0.2) is 0 Å². The van der Waals surface area contributed by atoms with E-state index in [0.717, 1.165) is 0 Å². The Morgan fingerprint density at radius 1 is 1.46 bits per heavy atom. The van der Waals surface area contributed by atoms with Crippen LogP contribution in [0.1, 0.15) is 5.56 Å². The van der Waals surface area contributed by atoms with Crippen molar-refractivity contribution in [2.75, 3.05) is 13.7 Å². The molecule has 1 rings (SSSR count). The first-order valence-corrected chi connectivity index (χ1v) is 4.01. The molecule has 0 spiro atoms. The van der Waals surface area contributed by atoms with Crippen LogP contribution in [0.25, 0.3) is 0 Å². The zero-order chi connectivity index (χ0) is 9.68. The molecule has 0 saturated heterocycles. The Kier molecular flexibility index (Phi) is 3.46. The number of ketones is 1. The molecule has 0 aliphatic carbocycles. The molecule has 3 heteroatoms. The van der Waals surface area contributed by atoms with E-state index >= 15 is 0 Å². The molecule has 0 amide bonds. The molecule has 0 unspecified atom stereocenters. The average molecular weight is 180 g/mol. The van der Waals surface area contributed by atoms with Crippen LogP contribution in [0.5, 0.6) is 5.75 Å². The molecule has 0 radical (unpaired) electrons. The SMILES string of the molecule is COCC(=O)Cc1ccccc1O. The Balaban J connectivity index is 2.63. The lowest BCUT2D eigenvalue weighted by molar-refractivity contribution is -0.122. The van der Waals surface area contributed by atoms with Crippen molar-refractivity contribution in [3.05, 3.63) is 29.8 Å². The number of phenols is 1. The van der Waals surface area contributed by atoms with E-state index in [4.69, 9.17) is 0 Å². The molecule has 0 bridgehead atoms. The van der Waals surface area contributed by atoms with Crippen LogP contribution in [-0.4, -0.2) is 24.6 Å². The largest absolute Gasteiger partial charge is 0.508 e. The number of hydrogen-bond donors (Lipinski definition) is 1. The third-order valence-corrected chi connectivity index (χ3v) is 1.68. The van der Waals surface area contributed by atoms with E-state index in [1.165, 1.54) is 7.11 Å². The van der Waals surface area contributed by atoms with E-state index in [0.29, 0.717) is 5.56 Å². The summed E-state index contributed by atoms with van der Waals surface area (Å²) >= 11 is 0. The zero-order valence-electron chi connectivity index (χ0n) is 7.49. The van der Waals surface area contributed by atoms with Gasteiger partial charge in [-0.05, 0) is 6.07 Å². The molecule has 0 aliphatic heterocycles. The van der Waals surface area contributed by atoms with E-state index < -0.39 is 0 Å². The number of Topliss-reactive ketones (excluding diaryl/α,β-unsaturated/α-hetero) is 1. The molecule has 0 heterocycles. The second-order valence-electron chi connectivity index (χ2n) is 2.78. The average Bonchev–Trinajstić information content (AvgIpc) is 2.09. The monoisotopic (exact) mass is 180 g/mol. The van der Waals surface area contributed by atoms with E-state index in [9.17, 15) is 9.90 Å². The Morgan fingerprint density at radius 3 is 2.77 bits per heavy atom. The molecule has 1 N–H and O–H groups in total. The van der Waals surface area contributed by atoms with Gasteiger partial charge in [0.15, 0.2) is 5.78 Å². The predicted octanol–water partition coefficient (Wildman–Crippen LogP) is 1.15. The summed E-state index contributed by atoms with van der Waals surface area (Å²) in [5, 5.41) is 9.33. The van der Waals surface area contributed by atoms with Crippen molar-refractivity contribution in [1.29, 1.82) is 0 Å². The van der Waals surface area contributed by atoms with Crippen molar-refractivity contribution in [2.45, 2.75) is 6.42 Å². The van der Waals surface area contributed by atoms with E-state index in [-0.39, 0.29) is 24.6 Å². The molecule has 3 nitrogen and oxygen atoms in total. The summed E-state index contributed by atoms with van der Waals surface area (Å²) in [6.45, 7) is 0.0916. The van der Waals surface area contributed by atoms with Crippen molar-refractivity contribution < 1.29 is 14.6 Å². The van der Waals surface area contributed by atoms with E-state index in [1.54, 1.807) is 24.3 Å². The minimum absolute atomic E-state index is 0.0380. The van der Waals surface area contributed by atoms with Crippen molar-refractivity contribution in [2.24, 2.45) is 0 Å². The molecule has 0 fully saturated rings. The predicted molar refractivity (Wildman–Crippen MR) is 48.7 cm³/mol. The molecule has 0 aliphatic rings. The van der Waals surface area contributed by atoms with Crippen molar-refractivity contribution in [3.63, 3.8) is 0 Å². The Hall–Kier alpha value is -1.35. The Labute approximate surface area is 77.0 Å². The first-order valence-electron chi connectivity index (χ1n) is 4.01. The fourth-order valence-electron chi connectivity index (χ4n) is 1.08. The number of para-hydroxylation sites is 1. The Morgan fingerprint density at radius 2 is 2.15 bits per heavy atom. The zero-order valence-corrected chi connectivity index (χ0v) is 7.49. The lowest BCUT2D eigenvalue weighted by Gasteiger charge is -2.02. The molecular formula is C10H12O3. The van der Waals surface area contributed by atoms with Crippen LogP contribution in [0, 0.1) is 0 Å². The molecule has 1 aromatic rings. The molecule has 70 valence electrons. The Bertz CT molecular complexity index is 294. The van der Waals surface area contributed by atoms with Crippen LogP contribution in [0.2, 0.25) is 0 Å². The van der Waals surface area contributed by atoms with Crippen molar-refractivity contribution in [1.82, 2.24) is 0 Å². The van der Waals surface area contributed by atoms with Gasteiger partial charge in [0.05, 0.1) is 0 Å². The lowest BCUT2D eigenvalue weighted by atomic mass is 10.1. The third-order valence-electron chi connectivity index (χ3n) is 1.68. The van der Waals surface area contributed by atoms with E-state index in [2.05, 4.69) is 4.74 Å². The molecule has 13 heavy (non-hydrogen) atoms. The maximum Gasteiger partial charge on any atom is 0.162 e. The number of rotatable bonds is 4. The molecule has 0 saturated carbocycles. The summed E-state index contributed by atoms with van der Waals surface area (Å²) in [6.07, 6.45) is 0.223. The van der Waals surface area contributed by atoms with Gasteiger partial charge >= 0.3 is 0 Å². The number of methoxy groups -OCH3 is 1. The fourth-order valence-corrected chi connectivity index (χ4v) is 1.08. The highest BCUT2D eigenvalue weighted by Crippen LogP contribution is 2.15. The first-order chi connectivity index (χ1) is 6.24. The minimum atomic E-state index is -0.0380. The number of hydrogen-bond acceptors (Lipinski definition) is 3. The van der Waals surface area contributed by atoms with Crippen LogP contribution in [0.15, 0.2) is 24.3 Å². The van der Waals surface area contributed by atoms with Crippen LogP contribution >= 0.6 is 0 Å². The van der Waals surface area contributed by atoms with Gasteiger partial charge in [-0.15, -0.1) is 0 Å². The summed E-state index contributed by atoms with van der Waals surface area (Å²) in [6, 6.07) is 6.80. The quantitative estimate of drug-likeness (QED) is 0.756. The highest BCUT2D eigenvalue weighted by atomic mass is 16.5. The van der Waals surface area contributed by atoms with Crippen LogP contribution < -0.4 is 0 Å². The summed E-state index contributed by atoms with van der Waals surface area (Å²) in [5.41, 5.74) is 0.643. The molecule has 0 atom stereocenters. The van der Waals surface area contributed by atoms with Crippen LogP contribution in [0.4, 0.5) is 0 Å². The molecule has 1 aromatic carbocycles. The second kappa shape index (κ2) is 4.62. The second-order valence-corrected chi connectivity index (χ2v) is 2.78. The number of ether oxygens (including phenoxy) is 1. The molecular weight excluding hydrogens is 168 g/mol. The number of benzene rings is 1. The summed E-state index contributed by atoms with van der Waals surface area (Å²) < 4.78 is 4.68. The van der Waals surface area contributed by atoms with Gasteiger partial charge in [-0.1, -0.05) is 18.2 Å². The third kappa shape index (κ3) is 2.87. The molecule has 0 aromatic heterocycles. The van der Waals surface area contributed by atoms with E-state index in [1.807, 2.05) is 0 Å². The number of carbonyl (C=O) groups excluding carboxylic acids is 1. The van der Waals surface area contributed by atoms with Gasteiger partial charge in [-0.3, -0.25) is 4.79 Å². The van der Waals surface area contributed by atoms with Crippen molar-refractivity contribution >= 4 is 5.78 Å². The number of aromatic hydroxyl groups is 1. The highest BCUT2D eigenvalue weighted by Gasteiger charge is 2.05. The highest BCUT2D eigenvalue weighted by molar-refractivity contribution is 5.82. The lowest BCUT2D eigenvalue weighted by Crippen LogP contribution is -2.09. The summed E-state index contributed by atoms with van der Waals surface area (Å²) in [5.74, 6) is 0.121. The van der Waals surface area contributed by atoms with Gasteiger partial charge in [0.2, 0.25) is 0 Å². The topological polar surface area (TPSA) is 46.5 Å². The van der Waals surface area contributed by atoms with Crippen LogP contribution in [-0.2, 0) is 16.0 Å². The number of phenolic OH excluding ortho intramolecular Hbond substituents is 1. The number of carbonyl (C=O) groups is 1. The standard InChI is InChI=1S/C10H12O3/c1-13-7-9(11)6-8-4-2-3-5-10(8)12/h2-5,12H,6-7H2,1H3. The maximum absolute atomic E-state index is 11.1. The summed E-state index contributed by atoms with van der Waals surface area (Å²) in [7, 11) is 1.47. The van der Waals surface area contributed by atoms with Gasteiger partial charge < -0.3 is 9.84 Å².